The summed E-state index contributed by atoms with van der Waals surface area (Å²) in [6.45, 7) is 0.551. The lowest BCUT2D eigenvalue weighted by atomic mass is 10.0. The fourth-order valence-corrected chi connectivity index (χ4v) is 3.09. The average Bonchev–Trinajstić information content (AvgIpc) is 2.61. The minimum Gasteiger partial charge on any atom is -0.497 e. The Bertz CT molecular complexity index is 790. The molecule has 2 amide bonds. The maximum Gasteiger partial charge on any atom is 0.259 e. The lowest BCUT2D eigenvalue weighted by molar-refractivity contribution is -0.128. The Kier molecular flexibility index (Phi) is 4.90. The highest BCUT2D eigenvalue weighted by Gasteiger charge is 2.36. The Balaban J connectivity index is 1.99. The van der Waals surface area contributed by atoms with Gasteiger partial charge in [-0.15, -0.1) is 0 Å². The smallest absolute Gasteiger partial charge is 0.259 e. The number of rotatable bonds is 3. The first kappa shape index (κ1) is 17.2. The first-order valence-electron chi connectivity index (χ1n) is 7.69. The lowest BCUT2D eigenvalue weighted by Crippen LogP contribution is -2.52. The third kappa shape index (κ3) is 3.30. The Labute approximate surface area is 149 Å². The average molecular weight is 363 g/mol. The maximum absolute atomic E-state index is 14.1. The number of nitrogens with one attached hydrogen (secondary N) is 1. The molecule has 3 rings (SSSR count). The highest BCUT2D eigenvalue weighted by atomic mass is 35.5. The number of amides is 2. The van der Waals surface area contributed by atoms with Gasteiger partial charge >= 0.3 is 0 Å². The van der Waals surface area contributed by atoms with Crippen LogP contribution in [0.15, 0.2) is 42.5 Å². The van der Waals surface area contributed by atoms with Gasteiger partial charge in [-0.1, -0.05) is 29.8 Å². The van der Waals surface area contributed by atoms with E-state index in [1.165, 1.54) is 23.1 Å². The molecule has 0 spiro atoms. The zero-order chi connectivity index (χ0) is 18.0. The molecule has 0 aromatic heterocycles. The van der Waals surface area contributed by atoms with Gasteiger partial charge in [0.05, 0.1) is 17.7 Å². The number of methoxy groups -OCH3 is 1. The van der Waals surface area contributed by atoms with Crippen molar-refractivity contribution in [3.05, 3.63) is 64.4 Å². The second kappa shape index (κ2) is 7.11. The second-order valence-electron chi connectivity index (χ2n) is 5.56. The molecule has 1 aliphatic heterocycles. The van der Waals surface area contributed by atoms with Crippen molar-refractivity contribution in [3.63, 3.8) is 0 Å². The second-order valence-corrected chi connectivity index (χ2v) is 5.97. The van der Waals surface area contributed by atoms with Gasteiger partial charge in [0.1, 0.15) is 17.6 Å². The van der Waals surface area contributed by atoms with E-state index >= 15 is 0 Å². The van der Waals surface area contributed by atoms with Crippen LogP contribution in [0, 0.1) is 5.82 Å². The summed E-state index contributed by atoms with van der Waals surface area (Å²) in [5, 5.41) is 2.75. The molecule has 130 valence electrons. The van der Waals surface area contributed by atoms with Crippen LogP contribution >= 0.6 is 11.6 Å². The van der Waals surface area contributed by atoms with E-state index in [1.54, 1.807) is 31.4 Å². The molecule has 2 aromatic carbocycles. The van der Waals surface area contributed by atoms with Gasteiger partial charge in [-0.25, -0.2) is 4.39 Å². The number of ether oxygens (including phenoxy) is 1. The number of benzene rings is 2. The van der Waals surface area contributed by atoms with Crippen molar-refractivity contribution >= 4 is 23.4 Å². The van der Waals surface area contributed by atoms with Gasteiger partial charge < -0.3 is 15.0 Å². The van der Waals surface area contributed by atoms with Crippen LogP contribution in [0.5, 0.6) is 5.75 Å². The predicted octanol–water partition coefficient (Wildman–Crippen LogP) is 2.80. The van der Waals surface area contributed by atoms with E-state index in [-0.39, 0.29) is 23.0 Å². The number of nitrogens with zero attached hydrogens (tertiary/aromatic N) is 1. The van der Waals surface area contributed by atoms with Crippen LogP contribution in [-0.4, -0.2) is 36.9 Å². The number of halogens is 2. The van der Waals surface area contributed by atoms with Crippen LogP contribution < -0.4 is 10.1 Å². The number of hydrogen-bond donors (Lipinski definition) is 1. The van der Waals surface area contributed by atoms with Crippen molar-refractivity contribution in [2.24, 2.45) is 0 Å². The quantitative estimate of drug-likeness (QED) is 0.913. The lowest BCUT2D eigenvalue weighted by Gasteiger charge is -2.35. The molecule has 0 aliphatic carbocycles. The molecule has 0 bridgehead atoms. The molecule has 5 nitrogen and oxygen atoms in total. The molecule has 1 saturated heterocycles. The molecular formula is C18H16ClFN2O3. The van der Waals surface area contributed by atoms with Crippen molar-refractivity contribution in [1.82, 2.24) is 10.2 Å². The molecule has 0 radical (unpaired) electrons. The molecule has 1 fully saturated rings. The van der Waals surface area contributed by atoms with Gasteiger partial charge in [0.2, 0.25) is 5.91 Å². The fraction of sp³-hybridized carbons (Fsp3) is 0.222. The van der Waals surface area contributed by atoms with Crippen LogP contribution in [0.1, 0.15) is 22.0 Å². The van der Waals surface area contributed by atoms with E-state index in [1.807, 2.05) is 0 Å². The predicted molar refractivity (Wildman–Crippen MR) is 91.2 cm³/mol. The van der Waals surface area contributed by atoms with Crippen LogP contribution in [0.3, 0.4) is 0 Å². The van der Waals surface area contributed by atoms with Gasteiger partial charge in [-0.3, -0.25) is 9.59 Å². The van der Waals surface area contributed by atoms with E-state index in [2.05, 4.69) is 5.32 Å². The monoisotopic (exact) mass is 362 g/mol. The van der Waals surface area contributed by atoms with Gasteiger partial charge in [0, 0.05) is 13.1 Å². The van der Waals surface area contributed by atoms with Crippen LogP contribution in [0.2, 0.25) is 5.02 Å². The molecule has 25 heavy (non-hydrogen) atoms. The van der Waals surface area contributed by atoms with Gasteiger partial charge in [0.25, 0.3) is 5.91 Å². The summed E-state index contributed by atoms with van der Waals surface area (Å²) in [7, 11) is 1.54. The minimum absolute atomic E-state index is 0.0180. The third-order valence-corrected chi connectivity index (χ3v) is 4.40. The number of carbonyl (C=O) groups is 2. The molecule has 2 aromatic rings. The molecular weight excluding hydrogens is 347 g/mol. The summed E-state index contributed by atoms with van der Waals surface area (Å²) in [5.74, 6) is -1.01. The first-order chi connectivity index (χ1) is 12.0. The molecule has 7 heteroatoms. The van der Waals surface area contributed by atoms with E-state index < -0.39 is 17.8 Å². The normalized spacial score (nSPS) is 17.2. The summed E-state index contributed by atoms with van der Waals surface area (Å²) < 4.78 is 19.2. The number of hydrogen-bond acceptors (Lipinski definition) is 3. The minimum atomic E-state index is -0.858. The van der Waals surface area contributed by atoms with Gasteiger partial charge in [-0.05, 0) is 29.8 Å². The number of carbonyl (C=O) groups excluding carboxylic acids is 2. The Morgan fingerprint density at radius 2 is 2.00 bits per heavy atom. The third-order valence-electron chi connectivity index (χ3n) is 4.08. The zero-order valence-corrected chi connectivity index (χ0v) is 14.2. The first-order valence-corrected chi connectivity index (χ1v) is 8.07. The Morgan fingerprint density at radius 3 is 2.64 bits per heavy atom. The standard InChI is InChI=1S/C18H16ClFN2O3/c1-25-12-7-5-11(6-8-12)16-17(23)21-9-10-22(16)18(24)15-13(19)3-2-4-14(15)20/h2-8,16H,9-10H2,1H3,(H,21,23). The van der Waals surface area contributed by atoms with Gasteiger partial charge in [-0.2, -0.15) is 0 Å². The summed E-state index contributed by atoms with van der Waals surface area (Å²) in [5.41, 5.74) is 0.385. The zero-order valence-electron chi connectivity index (χ0n) is 13.5. The summed E-state index contributed by atoms with van der Waals surface area (Å²) in [4.78, 5) is 26.6. The fourth-order valence-electron chi connectivity index (χ4n) is 2.85. The highest BCUT2D eigenvalue weighted by molar-refractivity contribution is 6.33. The SMILES string of the molecule is COc1ccc(C2C(=O)NCCN2C(=O)c2c(F)cccc2Cl)cc1. The van der Waals surface area contributed by atoms with Gasteiger partial charge in [0.15, 0.2) is 0 Å². The van der Waals surface area contributed by atoms with E-state index in [9.17, 15) is 14.0 Å². The topological polar surface area (TPSA) is 58.6 Å². The Hall–Kier alpha value is -2.60. The maximum atomic E-state index is 14.1. The van der Waals surface area contributed by atoms with E-state index in [4.69, 9.17) is 16.3 Å². The van der Waals surface area contributed by atoms with Crippen molar-refractivity contribution in [2.45, 2.75) is 6.04 Å². The summed E-state index contributed by atoms with van der Waals surface area (Å²) in [6, 6.07) is 10.0. The largest absolute Gasteiger partial charge is 0.497 e. The molecule has 1 unspecified atom stereocenters. The Morgan fingerprint density at radius 1 is 1.28 bits per heavy atom. The van der Waals surface area contributed by atoms with E-state index in [0.29, 0.717) is 17.9 Å². The van der Waals surface area contributed by atoms with Crippen LogP contribution in [0.25, 0.3) is 0 Å². The molecule has 1 N–H and O–H groups in total. The van der Waals surface area contributed by atoms with Crippen molar-refractivity contribution < 1.29 is 18.7 Å². The molecule has 1 atom stereocenters. The van der Waals surface area contributed by atoms with Crippen molar-refractivity contribution in [3.8, 4) is 5.75 Å². The van der Waals surface area contributed by atoms with Crippen molar-refractivity contribution in [1.29, 1.82) is 0 Å². The van der Waals surface area contributed by atoms with Crippen molar-refractivity contribution in [2.75, 3.05) is 20.2 Å². The molecule has 1 aliphatic rings. The number of piperazine rings is 1. The van der Waals surface area contributed by atoms with Crippen LogP contribution in [-0.2, 0) is 4.79 Å². The molecule has 0 saturated carbocycles. The summed E-state index contributed by atoms with van der Waals surface area (Å²) in [6.07, 6.45) is 0. The van der Waals surface area contributed by atoms with E-state index in [0.717, 1.165) is 0 Å². The molecule has 1 heterocycles. The highest BCUT2D eigenvalue weighted by Crippen LogP contribution is 2.29. The summed E-state index contributed by atoms with van der Waals surface area (Å²) >= 11 is 6.01. The van der Waals surface area contributed by atoms with Crippen LogP contribution in [0.4, 0.5) is 4.39 Å².